The van der Waals surface area contributed by atoms with Crippen molar-refractivity contribution in [2.75, 3.05) is 6.61 Å². The molecule has 0 spiro atoms. The molecule has 0 aliphatic carbocycles. The van der Waals surface area contributed by atoms with E-state index in [4.69, 9.17) is 9.63 Å². The summed E-state index contributed by atoms with van der Waals surface area (Å²) in [5, 5.41) is 15.8. The first-order valence-corrected chi connectivity index (χ1v) is 6.91. The molecule has 1 aromatic rings. The maximum atomic E-state index is 12.0. The van der Waals surface area contributed by atoms with Gasteiger partial charge in [-0.05, 0) is 25.7 Å². The van der Waals surface area contributed by atoms with Crippen molar-refractivity contribution < 1.29 is 14.4 Å². The molecule has 0 saturated carbocycles. The molecule has 2 N–H and O–H groups in total. The molecular formula is C14H24N2O3. The zero-order chi connectivity index (χ0) is 14.4. The van der Waals surface area contributed by atoms with Gasteiger partial charge in [-0.1, -0.05) is 25.9 Å². The van der Waals surface area contributed by atoms with Gasteiger partial charge in [0.15, 0.2) is 0 Å². The van der Waals surface area contributed by atoms with Crippen LogP contribution in [-0.4, -0.2) is 28.8 Å². The van der Waals surface area contributed by atoms with Crippen molar-refractivity contribution in [3.8, 4) is 0 Å². The number of aromatic nitrogens is 1. The Morgan fingerprint density at radius 2 is 2.05 bits per heavy atom. The lowest BCUT2D eigenvalue weighted by Crippen LogP contribution is -2.38. The molecule has 0 aliphatic heterocycles. The topological polar surface area (TPSA) is 75.4 Å². The number of amides is 1. The Hall–Kier alpha value is -1.36. The monoisotopic (exact) mass is 268 g/mol. The molecule has 0 fully saturated rings. The smallest absolute Gasteiger partial charge is 0.290 e. The van der Waals surface area contributed by atoms with Crippen LogP contribution < -0.4 is 5.32 Å². The van der Waals surface area contributed by atoms with Crippen LogP contribution in [0.15, 0.2) is 10.6 Å². The Balaban J connectivity index is 2.68. The quantitative estimate of drug-likeness (QED) is 0.795. The number of aliphatic hydroxyl groups is 1. The lowest BCUT2D eigenvalue weighted by Gasteiger charge is -2.18. The van der Waals surface area contributed by atoms with E-state index in [2.05, 4.69) is 24.3 Å². The number of rotatable bonds is 7. The number of carbonyl (C=O) groups excluding carboxylic acids is 1. The molecule has 1 heterocycles. The van der Waals surface area contributed by atoms with Gasteiger partial charge in [-0.25, -0.2) is 0 Å². The summed E-state index contributed by atoms with van der Waals surface area (Å²) in [7, 11) is 0. The lowest BCUT2D eigenvalue weighted by molar-refractivity contribution is 0.0879. The summed E-state index contributed by atoms with van der Waals surface area (Å²) in [4.78, 5) is 12.0. The highest BCUT2D eigenvalue weighted by molar-refractivity contribution is 5.91. The average Bonchev–Trinajstić information content (AvgIpc) is 2.88. The van der Waals surface area contributed by atoms with Crippen LogP contribution in [0.1, 0.15) is 62.7 Å². The van der Waals surface area contributed by atoms with Gasteiger partial charge >= 0.3 is 0 Å². The van der Waals surface area contributed by atoms with Crippen LogP contribution in [0.4, 0.5) is 0 Å². The fourth-order valence-corrected chi connectivity index (χ4v) is 1.87. The zero-order valence-corrected chi connectivity index (χ0v) is 12.1. The van der Waals surface area contributed by atoms with Crippen LogP contribution in [0, 0.1) is 5.92 Å². The van der Waals surface area contributed by atoms with Crippen LogP contribution in [-0.2, 0) is 0 Å². The fourth-order valence-electron chi connectivity index (χ4n) is 1.87. The van der Waals surface area contributed by atoms with Gasteiger partial charge in [-0.2, -0.15) is 0 Å². The first-order chi connectivity index (χ1) is 9.03. The second-order valence-electron chi connectivity index (χ2n) is 5.05. The molecule has 1 rings (SSSR count). The Kier molecular flexibility index (Phi) is 6.02. The predicted octanol–water partition coefficient (Wildman–Crippen LogP) is 2.32. The normalized spacial score (nSPS) is 14.4. The van der Waals surface area contributed by atoms with Crippen LogP contribution >= 0.6 is 0 Å². The summed E-state index contributed by atoms with van der Waals surface area (Å²) in [6.07, 6.45) is 1.95. The Morgan fingerprint density at radius 1 is 1.42 bits per heavy atom. The summed E-state index contributed by atoms with van der Waals surface area (Å²) in [5.74, 6) is 0.292. The average molecular weight is 268 g/mol. The minimum atomic E-state index is -0.280. The fraction of sp³-hybridized carbons (Fsp3) is 0.714. The van der Waals surface area contributed by atoms with E-state index < -0.39 is 0 Å². The molecule has 2 atom stereocenters. The van der Waals surface area contributed by atoms with Gasteiger partial charge in [-0.3, -0.25) is 4.79 Å². The number of nitrogens with one attached hydrogen (secondary N) is 1. The maximum Gasteiger partial charge on any atom is 0.290 e. The minimum absolute atomic E-state index is 0.00498. The predicted molar refractivity (Wildman–Crippen MR) is 73.0 cm³/mol. The summed E-state index contributed by atoms with van der Waals surface area (Å²) < 4.78 is 5.10. The number of nitrogens with zero attached hydrogens (tertiary/aromatic N) is 1. The first kappa shape index (κ1) is 15.7. The van der Waals surface area contributed by atoms with E-state index in [1.165, 1.54) is 0 Å². The van der Waals surface area contributed by atoms with Crippen molar-refractivity contribution in [1.29, 1.82) is 0 Å². The Bertz CT molecular complexity index is 399. The minimum Gasteiger partial charge on any atom is -0.396 e. The molecule has 0 saturated heterocycles. The second kappa shape index (κ2) is 7.28. The lowest BCUT2D eigenvalue weighted by atomic mass is 9.99. The Labute approximate surface area is 114 Å². The first-order valence-electron chi connectivity index (χ1n) is 6.91. The highest BCUT2D eigenvalue weighted by atomic mass is 16.5. The van der Waals surface area contributed by atoms with Crippen LogP contribution in [0.3, 0.4) is 0 Å². The molecule has 1 amide bonds. The molecule has 1 aromatic heterocycles. The SMILES string of the molecule is CCC(CC)c1cc(C(=O)NC(C)C(C)CO)on1. The highest BCUT2D eigenvalue weighted by Crippen LogP contribution is 2.22. The number of hydrogen-bond acceptors (Lipinski definition) is 4. The van der Waals surface area contributed by atoms with Gasteiger partial charge in [0.25, 0.3) is 5.91 Å². The van der Waals surface area contributed by atoms with E-state index in [1.54, 1.807) is 6.07 Å². The Morgan fingerprint density at radius 3 is 2.58 bits per heavy atom. The van der Waals surface area contributed by atoms with Crippen LogP contribution in [0.5, 0.6) is 0 Å². The van der Waals surface area contributed by atoms with Gasteiger partial charge in [0.1, 0.15) is 0 Å². The van der Waals surface area contributed by atoms with Crippen molar-refractivity contribution in [1.82, 2.24) is 10.5 Å². The van der Waals surface area contributed by atoms with Crippen molar-refractivity contribution in [2.24, 2.45) is 5.92 Å². The van der Waals surface area contributed by atoms with Gasteiger partial charge in [0.2, 0.25) is 5.76 Å². The van der Waals surface area contributed by atoms with Crippen LogP contribution in [0.2, 0.25) is 0 Å². The molecule has 0 aliphatic rings. The van der Waals surface area contributed by atoms with Gasteiger partial charge in [-0.15, -0.1) is 0 Å². The third kappa shape index (κ3) is 4.06. The van der Waals surface area contributed by atoms with E-state index in [1.807, 2.05) is 13.8 Å². The second-order valence-corrected chi connectivity index (χ2v) is 5.05. The molecule has 0 radical (unpaired) electrons. The van der Waals surface area contributed by atoms with Crippen molar-refractivity contribution >= 4 is 5.91 Å². The van der Waals surface area contributed by atoms with Crippen LogP contribution in [0.25, 0.3) is 0 Å². The van der Waals surface area contributed by atoms with Gasteiger partial charge in [0.05, 0.1) is 5.69 Å². The molecule has 0 bridgehead atoms. The number of carbonyl (C=O) groups is 1. The van der Waals surface area contributed by atoms with E-state index in [0.29, 0.717) is 5.92 Å². The summed E-state index contributed by atoms with van der Waals surface area (Å²) >= 11 is 0. The van der Waals surface area contributed by atoms with Gasteiger partial charge in [0, 0.05) is 24.6 Å². The number of hydrogen-bond donors (Lipinski definition) is 2. The third-order valence-corrected chi connectivity index (χ3v) is 3.66. The number of aliphatic hydroxyl groups excluding tert-OH is 1. The molecule has 5 heteroatoms. The van der Waals surface area contributed by atoms with Crippen molar-refractivity contribution in [2.45, 2.75) is 52.5 Å². The van der Waals surface area contributed by atoms with E-state index in [9.17, 15) is 4.79 Å². The molecule has 5 nitrogen and oxygen atoms in total. The molecule has 108 valence electrons. The van der Waals surface area contributed by atoms with Gasteiger partial charge < -0.3 is 14.9 Å². The van der Waals surface area contributed by atoms with E-state index >= 15 is 0 Å². The highest BCUT2D eigenvalue weighted by Gasteiger charge is 2.20. The molecule has 2 unspecified atom stereocenters. The summed E-state index contributed by atoms with van der Waals surface area (Å²) in [5.41, 5.74) is 0.831. The zero-order valence-electron chi connectivity index (χ0n) is 12.1. The molecular weight excluding hydrogens is 244 g/mol. The van der Waals surface area contributed by atoms with E-state index in [0.717, 1.165) is 18.5 Å². The third-order valence-electron chi connectivity index (χ3n) is 3.66. The maximum absolute atomic E-state index is 12.0. The van der Waals surface area contributed by atoms with E-state index in [-0.39, 0.29) is 30.2 Å². The molecule has 19 heavy (non-hydrogen) atoms. The van der Waals surface area contributed by atoms with Crippen molar-refractivity contribution in [3.05, 3.63) is 17.5 Å². The molecule has 0 aromatic carbocycles. The largest absolute Gasteiger partial charge is 0.396 e. The van der Waals surface area contributed by atoms with Crippen molar-refractivity contribution in [3.63, 3.8) is 0 Å². The summed E-state index contributed by atoms with van der Waals surface area (Å²) in [6.45, 7) is 7.95. The summed E-state index contributed by atoms with van der Waals surface area (Å²) in [6, 6.07) is 1.60. The standard InChI is InChI=1S/C14H24N2O3/c1-5-11(6-2)12-7-13(19-16-12)14(18)15-10(4)9(3)8-17/h7,9-11,17H,5-6,8H2,1-4H3,(H,15,18).